The number of methoxy groups -OCH3 is 1. The van der Waals surface area contributed by atoms with E-state index in [9.17, 15) is 4.79 Å². The summed E-state index contributed by atoms with van der Waals surface area (Å²) in [5.41, 5.74) is 2.11. The first-order valence-electron chi connectivity index (χ1n) is 8.92. The summed E-state index contributed by atoms with van der Waals surface area (Å²) in [4.78, 5) is 14.7. The molecule has 1 aliphatic heterocycles. The van der Waals surface area contributed by atoms with Gasteiger partial charge in [-0.1, -0.05) is 42.5 Å². The number of likely N-dealkylation sites (tertiary alicyclic amines) is 1. The SMILES string of the molecule is COc1ccccc1NC1CCN(C(=O)[C@@H](C)c2ccccc2)CC1. The maximum atomic E-state index is 12.7. The van der Waals surface area contributed by atoms with E-state index < -0.39 is 0 Å². The first-order chi connectivity index (χ1) is 12.2. The summed E-state index contributed by atoms with van der Waals surface area (Å²) in [5.74, 6) is 1.00. The molecular formula is C21H26N2O2. The molecule has 1 atom stereocenters. The van der Waals surface area contributed by atoms with Gasteiger partial charge in [0.05, 0.1) is 18.7 Å². The Bertz CT molecular complexity index is 694. The highest BCUT2D eigenvalue weighted by molar-refractivity contribution is 5.83. The van der Waals surface area contributed by atoms with Gasteiger partial charge in [-0.3, -0.25) is 4.79 Å². The number of rotatable bonds is 5. The molecule has 1 heterocycles. The first kappa shape index (κ1) is 17.3. The minimum Gasteiger partial charge on any atom is -0.495 e. The minimum absolute atomic E-state index is 0.0834. The van der Waals surface area contributed by atoms with Gasteiger partial charge in [-0.25, -0.2) is 0 Å². The van der Waals surface area contributed by atoms with E-state index in [2.05, 4.69) is 5.32 Å². The molecule has 0 bridgehead atoms. The third-order valence-corrected chi connectivity index (χ3v) is 4.94. The van der Waals surface area contributed by atoms with Crippen LogP contribution in [0.4, 0.5) is 5.69 Å². The van der Waals surface area contributed by atoms with E-state index in [0.29, 0.717) is 6.04 Å². The van der Waals surface area contributed by atoms with E-state index in [1.54, 1.807) is 7.11 Å². The van der Waals surface area contributed by atoms with Crippen LogP contribution in [-0.2, 0) is 4.79 Å². The average molecular weight is 338 g/mol. The van der Waals surface area contributed by atoms with Crippen molar-refractivity contribution in [2.24, 2.45) is 0 Å². The van der Waals surface area contributed by atoms with Crippen LogP contribution in [0.25, 0.3) is 0 Å². The van der Waals surface area contributed by atoms with Gasteiger partial charge in [0.2, 0.25) is 5.91 Å². The fourth-order valence-electron chi connectivity index (χ4n) is 3.39. The summed E-state index contributed by atoms with van der Waals surface area (Å²) in [6.45, 7) is 3.59. The first-order valence-corrected chi connectivity index (χ1v) is 8.92. The number of nitrogens with one attached hydrogen (secondary N) is 1. The Morgan fingerprint density at radius 3 is 2.40 bits per heavy atom. The Balaban J connectivity index is 1.56. The number of nitrogens with zero attached hydrogens (tertiary/aromatic N) is 1. The molecular weight excluding hydrogens is 312 g/mol. The zero-order valence-electron chi connectivity index (χ0n) is 14.9. The van der Waals surface area contributed by atoms with Crippen molar-refractivity contribution >= 4 is 11.6 Å². The van der Waals surface area contributed by atoms with Crippen LogP contribution in [0.2, 0.25) is 0 Å². The number of carbonyl (C=O) groups is 1. The predicted molar refractivity (Wildman–Crippen MR) is 101 cm³/mol. The van der Waals surface area contributed by atoms with Crippen LogP contribution in [0.1, 0.15) is 31.2 Å². The highest BCUT2D eigenvalue weighted by atomic mass is 16.5. The lowest BCUT2D eigenvalue weighted by Gasteiger charge is -2.34. The summed E-state index contributed by atoms with van der Waals surface area (Å²) in [7, 11) is 1.69. The Kier molecular flexibility index (Phi) is 5.59. The summed E-state index contributed by atoms with van der Waals surface area (Å²) in [5, 5.41) is 3.56. The molecule has 0 spiro atoms. The lowest BCUT2D eigenvalue weighted by molar-refractivity contribution is -0.133. The van der Waals surface area contributed by atoms with Gasteiger partial charge in [0, 0.05) is 19.1 Å². The Morgan fingerprint density at radius 1 is 1.08 bits per heavy atom. The summed E-state index contributed by atoms with van der Waals surface area (Å²) >= 11 is 0. The predicted octanol–water partition coefficient (Wildman–Crippen LogP) is 3.90. The molecule has 4 heteroatoms. The smallest absolute Gasteiger partial charge is 0.229 e. The normalized spacial score (nSPS) is 16.3. The van der Waals surface area contributed by atoms with Gasteiger partial charge in [-0.15, -0.1) is 0 Å². The van der Waals surface area contributed by atoms with E-state index in [4.69, 9.17) is 4.74 Å². The number of carbonyl (C=O) groups excluding carboxylic acids is 1. The van der Waals surface area contributed by atoms with Crippen molar-refractivity contribution in [3.05, 3.63) is 60.2 Å². The number of ether oxygens (including phenoxy) is 1. The lowest BCUT2D eigenvalue weighted by atomic mass is 9.97. The second kappa shape index (κ2) is 8.06. The topological polar surface area (TPSA) is 41.6 Å². The van der Waals surface area contributed by atoms with Crippen molar-refractivity contribution in [2.45, 2.75) is 31.7 Å². The maximum Gasteiger partial charge on any atom is 0.229 e. The quantitative estimate of drug-likeness (QED) is 0.899. The van der Waals surface area contributed by atoms with Crippen molar-refractivity contribution in [1.82, 2.24) is 4.90 Å². The van der Waals surface area contributed by atoms with Gasteiger partial charge < -0.3 is 15.0 Å². The van der Waals surface area contributed by atoms with Gasteiger partial charge in [0.15, 0.2) is 0 Å². The van der Waals surface area contributed by atoms with Gasteiger partial charge in [-0.05, 0) is 37.5 Å². The van der Waals surface area contributed by atoms with Crippen molar-refractivity contribution in [3.63, 3.8) is 0 Å². The van der Waals surface area contributed by atoms with E-state index in [1.807, 2.05) is 66.4 Å². The van der Waals surface area contributed by atoms with Crippen molar-refractivity contribution in [3.8, 4) is 5.75 Å². The third kappa shape index (κ3) is 4.13. The molecule has 2 aromatic carbocycles. The van der Waals surface area contributed by atoms with E-state index in [1.165, 1.54) is 0 Å². The molecule has 0 unspecified atom stereocenters. The van der Waals surface area contributed by atoms with E-state index in [0.717, 1.165) is 42.9 Å². The van der Waals surface area contributed by atoms with E-state index in [-0.39, 0.29) is 11.8 Å². The highest BCUT2D eigenvalue weighted by Gasteiger charge is 2.26. The van der Waals surface area contributed by atoms with Crippen LogP contribution in [-0.4, -0.2) is 37.0 Å². The standard InChI is InChI=1S/C21H26N2O2/c1-16(17-8-4-3-5-9-17)21(24)23-14-12-18(13-15-23)22-19-10-6-7-11-20(19)25-2/h3-11,16,18,22H,12-15H2,1-2H3/t16-/m0/s1. The van der Waals surface area contributed by atoms with Crippen LogP contribution in [0.5, 0.6) is 5.75 Å². The zero-order valence-corrected chi connectivity index (χ0v) is 14.9. The summed E-state index contributed by atoms with van der Waals surface area (Å²) in [6.07, 6.45) is 1.90. The van der Waals surface area contributed by atoms with Crippen LogP contribution in [0.15, 0.2) is 54.6 Å². The Hall–Kier alpha value is -2.49. The van der Waals surface area contributed by atoms with Crippen molar-refractivity contribution < 1.29 is 9.53 Å². The van der Waals surface area contributed by atoms with Crippen LogP contribution >= 0.6 is 0 Å². The Morgan fingerprint density at radius 2 is 1.72 bits per heavy atom. The number of amides is 1. The summed E-state index contributed by atoms with van der Waals surface area (Å²) < 4.78 is 5.40. The van der Waals surface area contributed by atoms with Crippen LogP contribution < -0.4 is 10.1 Å². The maximum absolute atomic E-state index is 12.7. The molecule has 0 aromatic heterocycles. The third-order valence-electron chi connectivity index (χ3n) is 4.94. The number of para-hydroxylation sites is 2. The average Bonchev–Trinajstić information content (AvgIpc) is 2.68. The molecule has 2 aromatic rings. The minimum atomic E-state index is -0.0834. The largest absolute Gasteiger partial charge is 0.495 e. The van der Waals surface area contributed by atoms with Gasteiger partial charge >= 0.3 is 0 Å². The van der Waals surface area contributed by atoms with Crippen LogP contribution in [0.3, 0.4) is 0 Å². The number of anilines is 1. The number of benzene rings is 2. The number of hydrogen-bond donors (Lipinski definition) is 1. The fraction of sp³-hybridized carbons (Fsp3) is 0.381. The van der Waals surface area contributed by atoms with E-state index >= 15 is 0 Å². The van der Waals surface area contributed by atoms with Gasteiger partial charge in [-0.2, -0.15) is 0 Å². The zero-order chi connectivity index (χ0) is 17.6. The molecule has 1 N–H and O–H groups in total. The second-order valence-electron chi connectivity index (χ2n) is 6.58. The molecule has 25 heavy (non-hydrogen) atoms. The fourth-order valence-corrected chi connectivity index (χ4v) is 3.39. The molecule has 4 nitrogen and oxygen atoms in total. The highest BCUT2D eigenvalue weighted by Crippen LogP contribution is 2.27. The molecule has 1 fully saturated rings. The molecule has 1 saturated heterocycles. The van der Waals surface area contributed by atoms with Crippen molar-refractivity contribution in [2.75, 3.05) is 25.5 Å². The molecule has 1 aliphatic rings. The second-order valence-corrected chi connectivity index (χ2v) is 6.58. The molecule has 0 aliphatic carbocycles. The number of piperidine rings is 1. The Labute approximate surface area is 149 Å². The van der Waals surface area contributed by atoms with Gasteiger partial charge in [0.1, 0.15) is 5.75 Å². The van der Waals surface area contributed by atoms with Gasteiger partial charge in [0.25, 0.3) is 0 Å². The monoisotopic (exact) mass is 338 g/mol. The molecule has 3 rings (SSSR count). The van der Waals surface area contributed by atoms with Crippen molar-refractivity contribution in [1.29, 1.82) is 0 Å². The molecule has 0 radical (unpaired) electrons. The summed E-state index contributed by atoms with van der Waals surface area (Å²) in [6, 6.07) is 18.3. The molecule has 0 saturated carbocycles. The lowest BCUT2D eigenvalue weighted by Crippen LogP contribution is -2.43. The number of hydrogen-bond acceptors (Lipinski definition) is 3. The molecule has 1 amide bonds. The van der Waals surface area contributed by atoms with Crippen LogP contribution in [0, 0.1) is 0 Å². The molecule has 132 valence electrons.